The molecular weight excluding hydrogens is 300 g/mol. The average molecular weight is 314 g/mol. The van der Waals surface area contributed by atoms with E-state index in [4.69, 9.17) is 0 Å². The Morgan fingerprint density at radius 2 is 1.39 bits per heavy atom. The van der Waals surface area contributed by atoms with E-state index in [-0.39, 0.29) is 22.6 Å². The van der Waals surface area contributed by atoms with Gasteiger partial charge >= 0.3 is 0 Å². The summed E-state index contributed by atoms with van der Waals surface area (Å²) in [6.07, 6.45) is 1.04. The molecule has 2 aromatic carbocycles. The minimum absolute atomic E-state index is 0.0721. The number of phenolic OH excluding ortho intramolecular Hbond substituents is 2. The van der Waals surface area contributed by atoms with E-state index in [1.54, 1.807) is 24.3 Å². The average Bonchev–Trinajstić information content (AvgIpc) is 2.55. The van der Waals surface area contributed by atoms with Gasteiger partial charge in [-0.15, -0.1) is 0 Å². The molecule has 0 saturated heterocycles. The minimum atomic E-state index is -0.604. The van der Waals surface area contributed by atoms with Gasteiger partial charge in [0.1, 0.15) is 17.8 Å². The topological polar surface area (TPSA) is 123 Å². The molecule has 23 heavy (non-hydrogen) atoms. The van der Waals surface area contributed by atoms with Crippen LogP contribution in [0.3, 0.4) is 0 Å². The van der Waals surface area contributed by atoms with E-state index in [9.17, 15) is 19.8 Å². The molecule has 0 aromatic heterocycles. The number of hydrogen-bond donors (Lipinski definition) is 5. The van der Waals surface area contributed by atoms with Crippen molar-refractivity contribution < 1.29 is 19.8 Å². The Labute approximate surface area is 131 Å². The lowest BCUT2D eigenvalue weighted by Gasteiger charge is -2.05. The molecule has 2 rings (SSSR count). The maximum Gasteiger partial charge on any atom is 0.275 e. The fourth-order valence-corrected chi connectivity index (χ4v) is 1.68. The number of aromatic hydroxyl groups is 2. The number of carbonyl (C=O) groups excluding carboxylic acids is 2. The molecule has 8 heteroatoms. The van der Waals surface area contributed by atoms with Crippen molar-refractivity contribution in [2.45, 2.75) is 0 Å². The Hall–Kier alpha value is -3.55. The van der Waals surface area contributed by atoms with Crippen molar-refractivity contribution >= 4 is 18.2 Å². The van der Waals surface area contributed by atoms with Crippen molar-refractivity contribution in [3.63, 3.8) is 0 Å². The summed E-state index contributed by atoms with van der Waals surface area (Å²) in [7, 11) is 0. The number of hydrogen-bond acceptors (Lipinski definition) is 5. The van der Waals surface area contributed by atoms with Gasteiger partial charge in [-0.1, -0.05) is 24.3 Å². The molecule has 2 aromatic rings. The fourth-order valence-electron chi connectivity index (χ4n) is 1.68. The molecule has 0 aliphatic carbocycles. The monoisotopic (exact) mass is 314 g/mol. The van der Waals surface area contributed by atoms with E-state index in [0.717, 1.165) is 6.34 Å². The summed E-state index contributed by atoms with van der Waals surface area (Å²) in [5.41, 5.74) is 6.95. The van der Waals surface area contributed by atoms with Crippen LogP contribution in [0.2, 0.25) is 0 Å². The lowest BCUT2D eigenvalue weighted by atomic mass is 10.2. The molecule has 0 bridgehead atoms. The zero-order valence-corrected chi connectivity index (χ0v) is 11.9. The number of benzene rings is 2. The highest BCUT2D eigenvalue weighted by atomic mass is 16.3. The highest BCUT2D eigenvalue weighted by Crippen LogP contribution is 2.15. The van der Waals surface area contributed by atoms with Crippen LogP contribution in [-0.4, -0.2) is 28.4 Å². The number of para-hydroxylation sites is 2. The summed E-state index contributed by atoms with van der Waals surface area (Å²) in [5, 5.41) is 22.6. The molecule has 0 aliphatic heterocycles. The third kappa shape index (κ3) is 4.21. The van der Waals surface area contributed by atoms with Crippen LogP contribution in [0, 0.1) is 0 Å². The van der Waals surface area contributed by atoms with E-state index < -0.39 is 11.8 Å². The van der Waals surface area contributed by atoms with Crippen molar-refractivity contribution in [1.82, 2.24) is 16.3 Å². The Balaban J connectivity index is 1.82. The standard InChI is InChI=1S/C15H14N4O4/c20-12-7-3-1-5-10(12)14(22)18-16-9-17-19-15(23)11-6-2-4-8-13(11)21/h1-9,20-21H,(H,16,17)(H,18,22)(H,19,23). The van der Waals surface area contributed by atoms with Crippen molar-refractivity contribution in [2.75, 3.05) is 0 Å². The van der Waals surface area contributed by atoms with E-state index in [1.165, 1.54) is 24.3 Å². The van der Waals surface area contributed by atoms with Crippen LogP contribution in [0.4, 0.5) is 0 Å². The van der Waals surface area contributed by atoms with Gasteiger partial charge in [0.25, 0.3) is 11.8 Å². The summed E-state index contributed by atoms with van der Waals surface area (Å²) in [6.45, 7) is 0. The first-order valence-electron chi connectivity index (χ1n) is 6.53. The number of nitrogens with one attached hydrogen (secondary N) is 3. The molecule has 0 aliphatic rings. The predicted octanol–water partition coefficient (Wildman–Crippen LogP) is 0.705. The van der Waals surface area contributed by atoms with Crippen LogP contribution >= 0.6 is 0 Å². The van der Waals surface area contributed by atoms with Crippen LogP contribution in [0.1, 0.15) is 20.7 Å². The van der Waals surface area contributed by atoms with E-state index in [2.05, 4.69) is 21.4 Å². The smallest absolute Gasteiger partial charge is 0.275 e. The second-order valence-electron chi connectivity index (χ2n) is 4.33. The third-order valence-corrected chi connectivity index (χ3v) is 2.78. The number of nitrogens with zero attached hydrogens (tertiary/aromatic N) is 1. The third-order valence-electron chi connectivity index (χ3n) is 2.78. The highest BCUT2D eigenvalue weighted by Gasteiger charge is 2.09. The fraction of sp³-hybridized carbons (Fsp3) is 0. The lowest BCUT2D eigenvalue weighted by Crippen LogP contribution is -2.37. The minimum Gasteiger partial charge on any atom is -0.507 e. The first-order valence-corrected chi connectivity index (χ1v) is 6.53. The van der Waals surface area contributed by atoms with Crippen LogP contribution in [-0.2, 0) is 0 Å². The van der Waals surface area contributed by atoms with Gasteiger partial charge in [-0.05, 0) is 24.3 Å². The molecule has 2 amide bonds. The second kappa shape index (κ2) is 7.46. The quantitative estimate of drug-likeness (QED) is 0.316. The number of phenols is 2. The Bertz CT molecular complexity index is 746. The first-order chi connectivity index (χ1) is 11.1. The molecule has 0 spiro atoms. The zero-order chi connectivity index (χ0) is 16.7. The summed E-state index contributed by atoms with van der Waals surface area (Å²) in [5.74, 6) is -1.49. The van der Waals surface area contributed by atoms with Crippen molar-refractivity contribution in [3.05, 3.63) is 59.7 Å². The molecule has 0 radical (unpaired) electrons. The summed E-state index contributed by atoms with van der Waals surface area (Å²) in [4.78, 5) is 23.4. The molecule has 0 saturated carbocycles. The van der Waals surface area contributed by atoms with Crippen molar-refractivity contribution in [3.8, 4) is 11.5 Å². The Kier molecular flexibility index (Phi) is 5.13. The van der Waals surface area contributed by atoms with E-state index >= 15 is 0 Å². The lowest BCUT2D eigenvalue weighted by molar-refractivity contribution is 0.0940. The van der Waals surface area contributed by atoms with E-state index in [1.807, 2.05) is 0 Å². The van der Waals surface area contributed by atoms with Gasteiger partial charge in [-0.3, -0.25) is 20.4 Å². The largest absolute Gasteiger partial charge is 0.507 e. The maximum atomic E-state index is 11.7. The number of hydrazone groups is 1. The second-order valence-corrected chi connectivity index (χ2v) is 4.33. The molecule has 0 unspecified atom stereocenters. The molecule has 8 nitrogen and oxygen atoms in total. The van der Waals surface area contributed by atoms with Gasteiger partial charge in [-0.2, -0.15) is 5.10 Å². The first kappa shape index (κ1) is 15.8. The maximum absolute atomic E-state index is 11.7. The van der Waals surface area contributed by atoms with Crippen molar-refractivity contribution in [1.29, 1.82) is 0 Å². The zero-order valence-electron chi connectivity index (χ0n) is 11.9. The number of hydrazine groups is 1. The molecule has 0 atom stereocenters. The predicted molar refractivity (Wildman–Crippen MR) is 82.8 cm³/mol. The molecule has 0 heterocycles. The van der Waals surface area contributed by atoms with Crippen molar-refractivity contribution in [2.24, 2.45) is 5.10 Å². The summed E-state index contributed by atoms with van der Waals surface area (Å²) in [6, 6.07) is 12.0. The van der Waals surface area contributed by atoms with E-state index in [0.29, 0.717) is 0 Å². The Morgan fingerprint density at radius 1 is 0.870 bits per heavy atom. The summed E-state index contributed by atoms with van der Waals surface area (Å²) < 4.78 is 0. The molecule has 118 valence electrons. The summed E-state index contributed by atoms with van der Waals surface area (Å²) >= 11 is 0. The molecular formula is C15H14N4O4. The number of amides is 2. The van der Waals surface area contributed by atoms with Gasteiger partial charge in [0, 0.05) is 0 Å². The SMILES string of the molecule is O=C(NN=CNNC(=O)c1ccccc1O)c1ccccc1O. The highest BCUT2D eigenvalue weighted by molar-refractivity contribution is 5.97. The van der Waals surface area contributed by atoms with Crippen LogP contribution in [0.5, 0.6) is 11.5 Å². The van der Waals surface area contributed by atoms with Gasteiger partial charge in [0.15, 0.2) is 0 Å². The van der Waals surface area contributed by atoms with Gasteiger partial charge in [0.05, 0.1) is 11.1 Å². The van der Waals surface area contributed by atoms with Gasteiger partial charge in [0.2, 0.25) is 0 Å². The number of carbonyl (C=O) groups is 2. The molecule has 0 fully saturated rings. The molecule has 5 N–H and O–H groups in total. The number of rotatable bonds is 5. The van der Waals surface area contributed by atoms with Crippen LogP contribution < -0.4 is 16.3 Å². The van der Waals surface area contributed by atoms with Gasteiger partial charge < -0.3 is 10.2 Å². The van der Waals surface area contributed by atoms with Gasteiger partial charge in [-0.25, -0.2) is 5.43 Å². The van der Waals surface area contributed by atoms with Crippen LogP contribution in [0.25, 0.3) is 0 Å². The Morgan fingerprint density at radius 3 is 1.96 bits per heavy atom. The van der Waals surface area contributed by atoms with Crippen LogP contribution in [0.15, 0.2) is 53.6 Å². The normalized spacial score (nSPS) is 10.3.